The highest BCUT2D eigenvalue weighted by Crippen LogP contribution is 2.39. The van der Waals surface area contributed by atoms with Crippen molar-refractivity contribution in [1.29, 1.82) is 0 Å². The third-order valence-corrected chi connectivity index (χ3v) is 5.59. The van der Waals surface area contributed by atoms with Gasteiger partial charge in [-0.2, -0.15) is 0 Å². The molecule has 160 valence electrons. The van der Waals surface area contributed by atoms with Crippen molar-refractivity contribution in [1.82, 2.24) is 5.32 Å². The molecule has 1 aliphatic rings. The lowest BCUT2D eigenvalue weighted by atomic mass is 9.93. The number of halogens is 1. The van der Waals surface area contributed by atoms with Gasteiger partial charge in [0.2, 0.25) is 0 Å². The number of aromatic hydroxyl groups is 1. The van der Waals surface area contributed by atoms with Crippen molar-refractivity contribution in [2.24, 2.45) is 4.99 Å². The molecule has 3 aromatic carbocycles. The second kappa shape index (κ2) is 9.41. The van der Waals surface area contributed by atoms with Crippen LogP contribution in [-0.2, 0) is 0 Å². The Hall–Kier alpha value is -3.02. The van der Waals surface area contributed by atoms with E-state index in [2.05, 4.69) is 5.32 Å². The molecule has 31 heavy (non-hydrogen) atoms. The average molecular weight is 437 g/mol. The van der Waals surface area contributed by atoms with Gasteiger partial charge >= 0.3 is 0 Å². The largest absolute Gasteiger partial charge is 0.504 e. The van der Waals surface area contributed by atoms with E-state index in [0.29, 0.717) is 23.8 Å². The highest BCUT2D eigenvalue weighted by atomic mass is 35.5. The number of nitrogens with one attached hydrogen (secondary N) is 1. The summed E-state index contributed by atoms with van der Waals surface area (Å²) < 4.78 is 11.0. The van der Waals surface area contributed by atoms with Crippen LogP contribution < -0.4 is 14.8 Å². The Bertz CT molecular complexity index is 1080. The first kappa shape index (κ1) is 21.2. The van der Waals surface area contributed by atoms with Crippen molar-refractivity contribution < 1.29 is 14.6 Å². The van der Waals surface area contributed by atoms with Crippen molar-refractivity contribution in [3.05, 3.63) is 88.4 Å². The third kappa shape index (κ3) is 4.68. The van der Waals surface area contributed by atoms with Crippen LogP contribution in [0.25, 0.3) is 0 Å². The van der Waals surface area contributed by atoms with Crippen LogP contribution in [0.1, 0.15) is 42.2 Å². The maximum Gasteiger partial charge on any atom is 0.162 e. The van der Waals surface area contributed by atoms with E-state index in [4.69, 9.17) is 26.1 Å². The minimum atomic E-state index is -0.297. The van der Waals surface area contributed by atoms with Gasteiger partial charge in [0.15, 0.2) is 11.5 Å². The van der Waals surface area contributed by atoms with Gasteiger partial charge in [0.05, 0.1) is 13.7 Å². The normalized spacial score (nSPS) is 18.4. The molecule has 0 amide bonds. The second-order valence-electron chi connectivity index (χ2n) is 7.31. The van der Waals surface area contributed by atoms with Gasteiger partial charge < -0.3 is 14.6 Å². The molecule has 0 aromatic heterocycles. The first-order chi connectivity index (χ1) is 15.1. The van der Waals surface area contributed by atoms with Crippen LogP contribution in [-0.4, -0.2) is 24.5 Å². The number of para-hydroxylation sites is 1. The lowest BCUT2D eigenvalue weighted by Gasteiger charge is -2.31. The summed E-state index contributed by atoms with van der Waals surface area (Å²) in [7, 11) is 1.65. The second-order valence-corrected chi connectivity index (χ2v) is 7.75. The van der Waals surface area contributed by atoms with Gasteiger partial charge in [0.25, 0.3) is 0 Å². The van der Waals surface area contributed by atoms with E-state index >= 15 is 0 Å². The van der Waals surface area contributed by atoms with Gasteiger partial charge in [-0.15, -0.1) is 0 Å². The van der Waals surface area contributed by atoms with E-state index in [1.807, 2.05) is 67.6 Å². The molecule has 0 radical (unpaired) electrons. The fourth-order valence-electron chi connectivity index (χ4n) is 3.80. The molecule has 0 aliphatic carbocycles. The zero-order valence-corrected chi connectivity index (χ0v) is 18.3. The number of methoxy groups -OCH3 is 1. The first-order valence-corrected chi connectivity index (χ1v) is 10.6. The molecular weight excluding hydrogens is 412 g/mol. The molecule has 2 atom stereocenters. The molecule has 0 unspecified atom stereocenters. The summed E-state index contributed by atoms with van der Waals surface area (Å²) >= 11 is 6.09. The van der Waals surface area contributed by atoms with Gasteiger partial charge in [-0.05, 0) is 48.4 Å². The number of ether oxygens (including phenoxy) is 2. The minimum Gasteiger partial charge on any atom is -0.504 e. The van der Waals surface area contributed by atoms with Crippen molar-refractivity contribution in [2.75, 3.05) is 13.7 Å². The third-order valence-electron chi connectivity index (χ3n) is 5.33. The fourth-order valence-corrected chi connectivity index (χ4v) is 3.92. The number of rotatable bonds is 6. The standard InChI is InChI=1S/C25H25ClN2O3/c1-3-31-23-9-5-8-20(24(23)29)22-15-21(16-10-12-18(26)13-11-16)27-25(28-22)17-6-4-7-19(14-17)30-2/h4-14,22,25,28-29H,3,15H2,1-2H3/t22-,25+/m1/s1. The summed E-state index contributed by atoms with van der Waals surface area (Å²) in [6, 6.07) is 21.0. The molecule has 1 heterocycles. The van der Waals surface area contributed by atoms with Crippen LogP contribution in [0.4, 0.5) is 0 Å². The van der Waals surface area contributed by atoms with Gasteiger partial charge in [-0.25, -0.2) is 0 Å². The van der Waals surface area contributed by atoms with Crippen LogP contribution in [0.3, 0.4) is 0 Å². The van der Waals surface area contributed by atoms with Crippen LogP contribution >= 0.6 is 11.6 Å². The van der Waals surface area contributed by atoms with Crippen LogP contribution in [0.2, 0.25) is 5.02 Å². The number of nitrogens with zero attached hydrogens (tertiary/aromatic N) is 1. The monoisotopic (exact) mass is 436 g/mol. The predicted molar refractivity (Wildman–Crippen MR) is 123 cm³/mol. The van der Waals surface area contributed by atoms with E-state index in [1.54, 1.807) is 13.2 Å². The minimum absolute atomic E-state index is 0.153. The summed E-state index contributed by atoms with van der Waals surface area (Å²) in [6.45, 7) is 2.38. The van der Waals surface area contributed by atoms with Gasteiger partial charge in [-0.1, -0.05) is 48.0 Å². The van der Waals surface area contributed by atoms with E-state index in [9.17, 15) is 5.11 Å². The summed E-state index contributed by atoms with van der Waals surface area (Å²) in [6.07, 6.45) is 0.320. The number of hydrogen-bond acceptors (Lipinski definition) is 5. The van der Waals surface area contributed by atoms with Gasteiger partial charge in [-0.3, -0.25) is 10.3 Å². The topological polar surface area (TPSA) is 63.1 Å². The molecule has 0 bridgehead atoms. The Kier molecular flexibility index (Phi) is 6.44. The molecule has 0 fully saturated rings. The molecule has 4 rings (SSSR count). The van der Waals surface area contributed by atoms with E-state index in [1.165, 1.54) is 0 Å². The number of phenolic OH excluding ortho intramolecular Hbond substituents is 1. The molecule has 3 aromatic rings. The quantitative estimate of drug-likeness (QED) is 0.522. The van der Waals surface area contributed by atoms with E-state index in [0.717, 1.165) is 28.2 Å². The van der Waals surface area contributed by atoms with Gasteiger partial charge in [0.1, 0.15) is 11.9 Å². The Labute approximate surface area is 187 Å². The predicted octanol–water partition coefficient (Wildman–Crippen LogP) is 5.68. The Morgan fingerprint density at radius 2 is 1.87 bits per heavy atom. The molecule has 6 heteroatoms. The van der Waals surface area contributed by atoms with Crippen LogP contribution in [0.5, 0.6) is 17.2 Å². The fraction of sp³-hybridized carbons (Fsp3) is 0.240. The first-order valence-electron chi connectivity index (χ1n) is 10.3. The average Bonchev–Trinajstić information content (AvgIpc) is 2.81. The zero-order chi connectivity index (χ0) is 21.8. The zero-order valence-electron chi connectivity index (χ0n) is 17.5. The molecule has 1 aliphatic heterocycles. The van der Waals surface area contributed by atoms with E-state index in [-0.39, 0.29) is 18.0 Å². The van der Waals surface area contributed by atoms with Crippen molar-refractivity contribution >= 4 is 17.3 Å². The number of phenols is 1. The molecule has 0 saturated heterocycles. The summed E-state index contributed by atoms with van der Waals surface area (Å²) in [5.41, 5.74) is 3.70. The SMILES string of the molecule is CCOc1cccc([C@H]2CC(c3ccc(Cl)cc3)=N[C@H](c3cccc(OC)c3)N2)c1O. The highest BCUT2D eigenvalue weighted by Gasteiger charge is 2.28. The van der Waals surface area contributed by atoms with E-state index < -0.39 is 0 Å². The lowest BCUT2D eigenvalue weighted by Crippen LogP contribution is -2.33. The number of benzene rings is 3. The Balaban J connectivity index is 1.75. The van der Waals surface area contributed by atoms with Crippen molar-refractivity contribution in [2.45, 2.75) is 25.6 Å². The van der Waals surface area contributed by atoms with Gasteiger partial charge in [0, 0.05) is 28.8 Å². The number of hydrogen-bond donors (Lipinski definition) is 2. The smallest absolute Gasteiger partial charge is 0.162 e. The van der Waals surface area contributed by atoms with Crippen LogP contribution in [0.15, 0.2) is 71.7 Å². The summed E-state index contributed by atoms with van der Waals surface area (Å²) in [5.74, 6) is 1.41. The Morgan fingerprint density at radius 1 is 1.10 bits per heavy atom. The summed E-state index contributed by atoms with van der Waals surface area (Å²) in [5, 5.41) is 15.1. The van der Waals surface area contributed by atoms with Crippen molar-refractivity contribution in [3.8, 4) is 17.2 Å². The molecule has 0 spiro atoms. The maximum absolute atomic E-state index is 10.9. The van der Waals surface area contributed by atoms with Crippen LogP contribution in [0, 0.1) is 0 Å². The Morgan fingerprint density at radius 3 is 2.61 bits per heavy atom. The highest BCUT2D eigenvalue weighted by molar-refractivity contribution is 6.30. The number of aliphatic imine (C=N–C) groups is 1. The molecule has 5 nitrogen and oxygen atoms in total. The molecular formula is C25H25ClN2O3. The lowest BCUT2D eigenvalue weighted by molar-refractivity contribution is 0.313. The molecule has 2 N–H and O–H groups in total. The van der Waals surface area contributed by atoms with Crippen molar-refractivity contribution in [3.63, 3.8) is 0 Å². The molecule has 0 saturated carbocycles. The maximum atomic E-state index is 10.9. The summed E-state index contributed by atoms with van der Waals surface area (Å²) in [4.78, 5) is 4.99.